The van der Waals surface area contributed by atoms with Crippen molar-refractivity contribution in [1.82, 2.24) is 5.32 Å². The molecule has 2 aliphatic rings. The van der Waals surface area contributed by atoms with Crippen LogP contribution < -0.4 is 5.32 Å². The quantitative estimate of drug-likeness (QED) is 0.725. The second-order valence-electron chi connectivity index (χ2n) is 5.67. The fraction of sp³-hybridized carbons (Fsp3) is 1.00. The van der Waals surface area contributed by atoms with Crippen LogP contribution in [0.2, 0.25) is 0 Å². The minimum absolute atomic E-state index is 0.213. The normalized spacial score (nSPS) is 28.4. The lowest BCUT2D eigenvalue weighted by Gasteiger charge is -2.43. The average Bonchev–Trinajstić information content (AvgIpc) is 2.36. The van der Waals surface area contributed by atoms with Crippen molar-refractivity contribution in [1.29, 1.82) is 0 Å². The molecule has 1 saturated carbocycles. The van der Waals surface area contributed by atoms with E-state index in [0.717, 1.165) is 32.4 Å². The summed E-state index contributed by atoms with van der Waals surface area (Å²) in [6, 6.07) is 0.639. The molecule has 1 atom stereocenters. The van der Waals surface area contributed by atoms with E-state index in [-0.39, 0.29) is 5.60 Å². The summed E-state index contributed by atoms with van der Waals surface area (Å²) in [7, 11) is 0. The Bertz CT molecular complexity index is 209. The lowest BCUT2D eigenvalue weighted by Crippen LogP contribution is -2.48. The minimum Gasteiger partial charge on any atom is -0.396 e. The van der Waals surface area contributed by atoms with Crippen molar-refractivity contribution in [2.45, 2.75) is 69.4 Å². The highest BCUT2D eigenvalue weighted by atomic mass is 16.5. The molecule has 0 bridgehead atoms. The monoisotopic (exact) mass is 241 g/mol. The van der Waals surface area contributed by atoms with Crippen molar-refractivity contribution in [3.05, 3.63) is 0 Å². The number of nitrogens with one attached hydrogen (secondary N) is 1. The van der Waals surface area contributed by atoms with Crippen molar-refractivity contribution in [2.75, 3.05) is 19.8 Å². The number of aliphatic hydroxyl groups is 1. The molecule has 1 aliphatic heterocycles. The maximum atomic E-state index is 8.75. The molecule has 1 spiro atoms. The first-order valence-electron chi connectivity index (χ1n) is 7.33. The highest BCUT2D eigenvalue weighted by Gasteiger charge is 2.38. The van der Waals surface area contributed by atoms with Crippen LogP contribution in [0.4, 0.5) is 0 Å². The van der Waals surface area contributed by atoms with E-state index in [1.807, 2.05) is 0 Å². The molecular formula is C14H27NO2. The highest BCUT2D eigenvalue weighted by Crippen LogP contribution is 2.38. The lowest BCUT2D eigenvalue weighted by molar-refractivity contribution is -0.109. The van der Waals surface area contributed by atoms with Gasteiger partial charge in [0.1, 0.15) is 0 Å². The zero-order valence-corrected chi connectivity index (χ0v) is 10.9. The molecular weight excluding hydrogens is 214 g/mol. The Hall–Kier alpha value is -0.120. The van der Waals surface area contributed by atoms with Gasteiger partial charge in [-0.1, -0.05) is 19.3 Å². The molecule has 1 unspecified atom stereocenters. The fourth-order valence-corrected chi connectivity index (χ4v) is 3.29. The van der Waals surface area contributed by atoms with Crippen LogP contribution in [0, 0.1) is 0 Å². The van der Waals surface area contributed by atoms with Crippen molar-refractivity contribution >= 4 is 0 Å². The third-order valence-electron chi connectivity index (χ3n) is 4.28. The molecule has 0 aromatic heterocycles. The third-order valence-corrected chi connectivity index (χ3v) is 4.28. The van der Waals surface area contributed by atoms with E-state index >= 15 is 0 Å². The Balaban J connectivity index is 1.72. The molecule has 2 rings (SSSR count). The van der Waals surface area contributed by atoms with Gasteiger partial charge < -0.3 is 15.2 Å². The molecule has 0 aromatic rings. The SMILES string of the molecule is OCCCCNC1CCOC2(CCCCC2)C1. The Kier molecular flexibility index (Phi) is 5.26. The molecule has 3 heteroatoms. The van der Waals surface area contributed by atoms with Gasteiger partial charge in [0.15, 0.2) is 0 Å². The fourth-order valence-electron chi connectivity index (χ4n) is 3.29. The lowest BCUT2D eigenvalue weighted by atomic mass is 9.78. The summed E-state index contributed by atoms with van der Waals surface area (Å²) in [6.07, 6.45) is 11.0. The van der Waals surface area contributed by atoms with Crippen molar-refractivity contribution in [2.24, 2.45) is 0 Å². The number of rotatable bonds is 5. The van der Waals surface area contributed by atoms with Gasteiger partial charge in [-0.3, -0.25) is 0 Å². The van der Waals surface area contributed by atoms with E-state index < -0.39 is 0 Å². The van der Waals surface area contributed by atoms with Crippen LogP contribution in [0.5, 0.6) is 0 Å². The standard InChI is InChI=1S/C14H27NO2/c16-10-5-4-9-15-13-6-11-17-14(12-13)7-2-1-3-8-14/h13,15-16H,1-12H2. The summed E-state index contributed by atoms with van der Waals surface area (Å²) in [5.41, 5.74) is 0.213. The highest BCUT2D eigenvalue weighted by molar-refractivity contribution is 4.91. The van der Waals surface area contributed by atoms with Crippen LogP contribution in [0.25, 0.3) is 0 Å². The molecule has 3 nitrogen and oxygen atoms in total. The van der Waals surface area contributed by atoms with Crippen LogP contribution in [-0.4, -0.2) is 36.5 Å². The molecule has 17 heavy (non-hydrogen) atoms. The molecule has 2 fully saturated rings. The van der Waals surface area contributed by atoms with Crippen LogP contribution in [0.1, 0.15) is 57.8 Å². The Morgan fingerprint density at radius 3 is 2.76 bits per heavy atom. The van der Waals surface area contributed by atoms with E-state index in [1.165, 1.54) is 38.5 Å². The van der Waals surface area contributed by atoms with Gasteiger partial charge in [0, 0.05) is 19.3 Å². The van der Waals surface area contributed by atoms with Gasteiger partial charge in [0.25, 0.3) is 0 Å². The summed E-state index contributed by atoms with van der Waals surface area (Å²) in [4.78, 5) is 0. The second-order valence-corrected chi connectivity index (χ2v) is 5.67. The van der Waals surface area contributed by atoms with Gasteiger partial charge in [-0.15, -0.1) is 0 Å². The predicted molar refractivity (Wildman–Crippen MR) is 69.1 cm³/mol. The zero-order chi connectivity index (χ0) is 12.0. The average molecular weight is 241 g/mol. The van der Waals surface area contributed by atoms with E-state index in [4.69, 9.17) is 9.84 Å². The topological polar surface area (TPSA) is 41.5 Å². The summed E-state index contributed by atoms with van der Waals surface area (Å²) in [5, 5.41) is 12.4. The molecule has 0 aromatic carbocycles. The summed E-state index contributed by atoms with van der Waals surface area (Å²) in [6.45, 7) is 2.29. The summed E-state index contributed by atoms with van der Waals surface area (Å²) in [5.74, 6) is 0. The number of hydrogen-bond acceptors (Lipinski definition) is 3. The van der Waals surface area contributed by atoms with Gasteiger partial charge in [0.05, 0.1) is 5.60 Å². The molecule has 100 valence electrons. The van der Waals surface area contributed by atoms with Crippen molar-refractivity contribution < 1.29 is 9.84 Å². The van der Waals surface area contributed by atoms with Gasteiger partial charge in [-0.2, -0.15) is 0 Å². The number of hydrogen-bond donors (Lipinski definition) is 2. The largest absolute Gasteiger partial charge is 0.396 e. The van der Waals surface area contributed by atoms with E-state index in [0.29, 0.717) is 12.6 Å². The van der Waals surface area contributed by atoms with Crippen LogP contribution in [0.3, 0.4) is 0 Å². The number of aliphatic hydroxyl groups excluding tert-OH is 1. The van der Waals surface area contributed by atoms with Crippen LogP contribution in [-0.2, 0) is 4.74 Å². The van der Waals surface area contributed by atoms with E-state index in [2.05, 4.69) is 5.32 Å². The molecule has 1 saturated heterocycles. The van der Waals surface area contributed by atoms with Gasteiger partial charge in [0.2, 0.25) is 0 Å². The second kappa shape index (κ2) is 6.72. The summed E-state index contributed by atoms with van der Waals surface area (Å²) >= 11 is 0. The molecule has 0 amide bonds. The third kappa shape index (κ3) is 3.94. The Morgan fingerprint density at radius 1 is 1.18 bits per heavy atom. The summed E-state index contributed by atoms with van der Waals surface area (Å²) < 4.78 is 6.08. The molecule has 1 heterocycles. The first-order valence-corrected chi connectivity index (χ1v) is 7.33. The number of ether oxygens (including phenoxy) is 1. The van der Waals surface area contributed by atoms with E-state index in [1.54, 1.807) is 0 Å². The van der Waals surface area contributed by atoms with Crippen LogP contribution >= 0.6 is 0 Å². The van der Waals surface area contributed by atoms with Crippen LogP contribution in [0.15, 0.2) is 0 Å². The maximum absolute atomic E-state index is 8.75. The molecule has 0 radical (unpaired) electrons. The maximum Gasteiger partial charge on any atom is 0.0697 e. The van der Waals surface area contributed by atoms with Crippen molar-refractivity contribution in [3.8, 4) is 0 Å². The van der Waals surface area contributed by atoms with E-state index in [9.17, 15) is 0 Å². The van der Waals surface area contributed by atoms with Gasteiger partial charge in [-0.25, -0.2) is 0 Å². The van der Waals surface area contributed by atoms with Crippen molar-refractivity contribution in [3.63, 3.8) is 0 Å². The first-order chi connectivity index (χ1) is 8.35. The molecule has 2 N–H and O–H groups in total. The zero-order valence-electron chi connectivity index (χ0n) is 10.9. The van der Waals surface area contributed by atoms with Gasteiger partial charge >= 0.3 is 0 Å². The Morgan fingerprint density at radius 2 is 2.00 bits per heavy atom. The molecule has 1 aliphatic carbocycles. The predicted octanol–water partition coefficient (Wildman–Crippen LogP) is 2.23. The smallest absolute Gasteiger partial charge is 0.0697 e. The minimum atomic E-state index is 0.213. The first kappa shape index (κ1) is 13.3. The van der Waals surface area contributed by atoms with Gasteiger partial charge in [-0.05, 0) is 45.1 Å². The number of unbranched alkanes of at least 4 members (excludes halogenated alkanes) is 1. The Labute approximate surface area is 105 Å².